The van der Waals surface area contributed by atoms with E-state index in [1.165, 1.54) is 19.5 Å². The van der Waals surface area contributed by atoms with Crippen LogP contribution in [0.2, 0.25) is 0 Å². The lowest BCUT2D eigenvalue weighted by Crippen LogP contribution is -2.59. The molecule has 0 aromatic carbocycles. The molecule has 2 saturated heterocycles. The van der Waals surface area contributed by atoms with Crippen LogP contribution in [0.15, 0.2) is 0 Å². The lowest BCUT2D eigenvalue weighted by molar-refractivity contribution is -0.139. The third-order valence-electron chi connectivity index (χ3n) is 3.32. The standard InChI is InChI=1S/C10H20N2O/c1-2-13-10-8-5-9(10)7-12(6-8)4-3-11/h8-10H,2-7,11H2,1H3. The van der Waals surface area contributed by atoms with Gasteiger partial charge in [-0.05, 0) is 25.2 Å². The van der Waals surface area contributed by atoms with Crippen molar-refractivity contribution in [1.82, 2.24) is 4.90 Å². The second-order valence-electron chi connectivity index (χ2n) is 4.22. The van der Waals surface area contributed by atoms with E-state index in [-0.39, 0.29) is 0 Å². The summed E-state index contributed by atoms with van der Waals surface area (Å²) < 4.78 is 5.71. The number of nitrogens with zero attached hydrogens (tertiary/aromatic N) is 1. The van der Waals surface area contributed by atoms with Gasteiger partial charge in [-0.25, -0.2) is 0 Å². The van der Waals surface area contributed by atoms with Crippen LogP contribution in [0.25, 0.3) is 0 Å². The first-order valence-electron chi connectivity index (χ1n) is 5.39. The molecule has 0 amide bonds. The molecule has 3 heteroatoms. The molecule has 2 unspecified atom stereocenters. The molecule has 3 aliphatic rings. The molecule has 1 saturated carbocycles. The van der Waals surface area contributed by atoms with Crippen LogP contribution in [-0.4, -0.2) is 43.8 Å². The molecule has 3 nitrogen and oxygen atoms in total. The molecule has 2 N–H and O–H groups in total. The molecular formula is C10H20N2O. The van der Waals surface area contributed by atoms with Crippen LogP contribution < -0.4 is 5.73 Å². The van der Waals surface area contributed by atoms with Gasteiger partial charge in [-0.15, -0.1) is 0 Å². The summed E-state index contributed by atoms with van der Waals surface area (Å²) >= 11 is 0. The number of fused-ring (bicyclic) bond motifs is 2. The van der Waals surface area contributed by atoms with Gasteiger partial charge < -0.3 is 15.4 Å². The van der Waals surface area contributed by atoms with Gasteiger partial charge in [0, 0.05) is 32.8 Å². The predicted octanol–water partition coefficient (Wildman–Crippen LogP) is 0.302. The third kappa shape index (κ3) is 1.73. The molecule has 0 aromatic rings. The summed E-state index contributed by atoms with van der Waals surface area (Å²) in [5, 5.41) is 0. The Balaban J connectivity index is 1.80. The molecular weight excluding hydrogens is 164 g/mol. The van der Waals surface area contributed by atoms with E-state index in [1.807, 2.05) is 0 Å². The Kier molecular flexibility index (Phi) is 2.86. The van der Waals surface area contributed by atoms with Crippen molar-refractivity contribution in [2.24, 2.45) is 17.6 Å². The lowest BCUT2D eigenvalue weighted by Gasteiger charge is -2.53. The van der Waals surface area contributed by atoms with Gasteiger partial charge in [0.15, 0.2) is 0 Å². The second-order valence-corrected chi connectivity index (χ2v) is 4.22. The van der Waals surface area contributed by atoms with Gasteiger partial charge in [0.05, 0.1) is 6.10 Å². The Bertz CT molecular complexity index is 162. The minimum atomic E-state index is 0.569. The van der Waals surface area contributed by atoms with Crippen molar-refractivity contribution in [2.45, 2.75) is 19.4 Å². The molecule has 3 rings (SSSR count). The zero-order valence-corrected chi connectivity index (χ0v) is 8.41. The van der Waals surface area contributed by atoms with Crippen molar-refractivity contribution < 1.29 is 4.74 Å². The van der Waals surface area contributed by atoms with Crippen LogP contribution in [0.4, 0.5) is 0 Å². The number of piperidine rings is 2. The maximum Gasteiger partial charge on any atom is 0.0655 e. The molecule has 2 atom stereocenters. The molecule has 2 aliphatic heterocycles. The van der Waals surface area contributed by atoms with Gasteiger partial charge in [-0.2, -0.15) is 0 Å². The quantitative estimate of drug-likeness (QED) is 0.683. The summed E-state index contributed by atoms with van der Waals surface area (Å²) in [5.41, 5.74) is 5.54. The first-order chi connectivity index (χ1) is 6.35. The largest absolute Gasteiger partial charge is 0.378 e. The van der Waals surface area contributed by atoms with Gasteiger partial charge in [-0.3, -0.25) is 0 Å². The molecule has 2 heterocycles. The minimum absolute atomic E-state index is 0.569. The summed E-state index contributed by atoms with van der Waals surface area (Å²) in [7, 11) is 0. The minimum Gasteiger partial charge on any atom is -0.378 e. The van der Waals surface area contributed by atoms with E-state index in [9.17, 15) is 0 Å². The Hall–Kier alpha value is -0.120. The lowest BCUT2D eigenvalue weighted by atomic mass is 9.68. The van der Waals surface area contributed by atoms with E-state index in [4.69, 9.17) is 10.5 Å². The first kappa shape index (κ1) is 9.44. The number of nitrogens with two attached hydrogens (primary N) is 1. The fourth-order valence-electron chi connectivity index (χ4n) is 2.77. The van der Waals surface area contributed by atoms with E-state index in [1.54, 1.807) is 0 Å². The Morgan fingerprint density at radius 2 is 2.08 bits per heavy atom. The Morgan fingerprint density at radius 3 is 2.62 bits per heavy atom. The number of hydrogen-bond donors (Lipinski definition) is 1. The highest BCUT2D eigenvalue weighted by Crippen LogP contribution is 2.41. The topological polar surface area (TPSA) is 38.5 Å². The fraction of sp³-hybridized carbons (Fsp3) is 1.00. The van der Waals surface area contributed by atoms with Gasteiger partial charge >= 0.3 is 0 Å². The predicted molar refractivity (Wildman–Crippen MR) is 52.5 cm³/mol. The Labute approximate surface area is 80.2 Å². The molecule has 13 heavy (non-hydrogen) atoms. The molecule has 76 valence electrons. The zero-order chi connectivity index (χ0) is 9.26. The summed E-state index contributed by atoms with van der Waals surface area (Å²) in [6.07, 6.45) is 1.95. The fourth-order valence-corrected chi connectivity index (χ4v) is 2.77. The Morgan fingerprint density at radius 1 is 1.38 bits per heavy atom. The second kappa shape index (κ2) is 3.95. The normalized spacial score (nSPS) is 38.8. The van der Waals surface area contributed by atoms with Crippen LogP contribution in [0.1, 0.15) is 13.3 Å². The maximum atomic E-state index is 5.71. The van der Waals surface area contributed by atoms with E-state index in [0.717, 1.165) is 31.5 Å². The van der Waals surface area contributed by atoms with E-state index < -0.39 is 0 Å². The summed E-state index contributed by atoms with van der Waals surface area (Å²) in [6, 6.07) is 0. The van der Waals surface area contributed by atoms with Crippen molar-refractivity contribution in [3.8, 4) is 0 Å². The van der Waals surface area contributed by atoms with Gasteiger partial charge in [0.25, 0.3) is 0 Å². The number of hydrogen-bond acceptors (Lipinski definition) is 3. The monoisotopic (exact) mass is 184 g/mol. The summed E-state index contributed by atoms with van der Waals surface area (Å²) in [5.74, 6) is 1.59. The van der Waals surface area contributed by atoms with E-state index >= 15 is 0 Å². The molecule has 1 aliphatic carbocycles. The molecule has 0 radical (unpaired) electrons. The van der Waals surface area contributed by atoms with E-state index in [2.05, 4.69) is 11.8 Å². The summed E-state index contributed by atoms with van der Waals surface area (Å²) in [4.78, 5) is 2.48. The van der Waals surface area contributed by atoms with Crippen LogP contribution in [0, 0.1) is 11.8 Å². The molecule has 3 fully saturated rings. The molecule has 0 spiro atoms. The maximum absolute atomic E-state index is 5.71. The zero-order valence-electron chi connectivity index (χ0n) is 8.41. The SMILES string of the molecule is CCOC1C2CC1CN(CCN)C2. The van der Waals surface area contributed by atoms with Gasteiger partial charge in [0.2, 0.25) is 0 Å². The highest BCUT2D eigenvalue weighted by Gasteiger charge is 2.46. The van der Waals surface area contributed by atoms with Crippen LogP contribution in [0.3, 0.4) is 0 Å². The van der Waals surface area contributed by atoms with Crippen LogP contribution in [0.5, 0.6) is 0 Å². The smallest absolute Gasteiger partial charge is 0.0655 e. The van der Waals surface area contributed by atoms with Crippen molar-refractivity contribution in [3.63, 3.8) is 0 Å². The van der Waals surface area contributed by atoms with Crippen molar-refractivity contribution in [3.05, 3.63) is 0 Å². The van der Waals surface area contributed by atoms with Gasteiger partial charge in [0.1, 0.15) is 0 Å². The number of rotatable bonds is 4. The molecule has 2 bridgehead atoms. The first-order valence-corrected chi connectivity index (χ1v) is 5.39. The van der Waals surface area contributed by atoms with E-state index in [0.29, 0.717) is 6.10 Å². The average molecular weight is 184 g/mol. The van der Waals surface area contributed by atoms with Gasteiger partial charge in [-0.1, -0.05) is 0 Å². The van der Waals surface area contributed by atoms with Crippen LogP contribution in [-0.2, 0) is 4.74 Å². The summed E-state index contributed by atoms with van der Waals surface area (Å²) in [6.45, 7) is 7.22. The van der Waals surface area contributed by atoms with Crippen LogP contribution >= 0.6 is 0 Å². The third-order valence-corrected chi connectivity index (χ3v) is 3.32. The number of ether oxygens (including phenoxy) is 1. The van der Waals surface area contributed by atoms with Crippen molar-refractivity contribution in [2.75, 3.05) is 32.8 Å². The van der Waals surface area contributed by atoms with Crippen molar-refractivity contribution >= 4 is 0 Å². The highest BCUT2D eigenvalue weighted by molar-refractivity contribution is 4.98. The highest BCUT2D eigenvalue weighted by atomic mass is 16.5. The van der Waals surface area contributed by atoms with Crippen molar-refractivity contribution in [1.29, 1.82) is 0 Å². The molecule has 0 aromatic heterocycles. The average Bonchev–Trinajstić information content (AvgIpc) is 2.15.